The minimum Gasteiger partial charge on any atom is -0.444 e. The van der Waals surface area contributed by atoms with Crippen LogP contribution >= 0.6 is 11.6 Å². The lowest BCUT2D eigenvalue weighted by Gasteiger charge is -2.29. The first-order chi connectivity index (χ1) is 10.7. The Morgan fingerprint density at radius 3 is 2.43 bits per heavy atom. The Morgan fingerprint density at radius 2 is 1.83 bits per heavy atom. The Bertz CT molecular complexity index is 437. The van der Waals surface area contributed by atoms with Crippen LogP contribution in [-0.4, -0.2) is 65.5 Å². The number of carbonyl (C=O) groups excluding carboxylic acids is 3. The summed E-state index contributed by atoms with van der Waals surface area (Å²) in [6.45, 7) is 6.66. The smallest absolute Gasteiger partial charge is 0.410 e. The van der Waals surface area contributed by atoms with Crippen LogP contribution < -0.4 is 5.32 Å². The molecule has 3 amide bonds. The zero-order valence-corrected chi connectivity index (χ0v) is 14.8. The molecule has 1 rings (SSSR count). The summed E-state index contributed by atoms with van der Waals surface area (Å²) < 4.78 is 5.39. The van der Waals surface area contributed by atoms with Crippen LogP contribution in [-0.2, 0) is 14.3 Å². The molecule has 0 atom stereocenters. The summed E-state index contributed by atoms with van der Waals surface area (Å²) in [6.07, 6.45) is 1.34. The van der Waals surface area contributed by atoms with Crippen LogP contribution in [0.15, 0.2) is 0 Å². The van der Waals surface area contributed by atoms with Crippen LogP contribution in [0.25, 0.3) is 0 Å². The van der Waals surface area contributed by atoms with Gasteiger partial charge in [-0.05, 0) is 33.6 Å². The maximum Gasteiger partial charge on any atom is 0.410 e. The van der Waals surface area contributed by atoms with Gasteiger partial charge in [0.2, 0.25) is 11.8 Å². The topological polar surface area (TPSA) is 79.0 Å². The van der Waals surface area contributed by atoms with E-state index in [0.29, 0.717) is 38.9 Å². The van der Waals surface area contributed by atoms with Crippen molar-refractivity contribution < 1.29 is 19.1 Å². The Hall–Kier alpha value is -1.50. The lowest BCUT2D eigenvalue weighted by molar-refractivity contribution is -0.130. The summed E-state index contributed by atoms with van der Waals surface area (Å²) in [4.78, 5) is 38.8. The molecule has 1 saturated heterocycles. The number of hydrogen-bond acceptors (Lipinski definition) is 4. The van der Waals surface area contributed by atoms with E-state index < -0.39 is 11.7 Å². The molecule has 0 radical (unpaired) electrons. The molecule has 0 aromatic carbocycles. The van der Waals surface area contributed by atoms with E-state index in [9.17, 15) is 14.4 Å². The van der Waals surface area contributed by atoms with Gasteiger partial charge < -0.3 is 19.9 Å². The molecule has 1 aliphatic rings. The molecule has 1 aliphatic heterocycles. The predicted octanol–water partition coefficient (Wildman–Crippen LogP) is 1.55. The van der Waals surface area contributed by atoms with Crippen molar-refractivity contribution in [1.29, 1.82) is 0 Å². The van der Waals surface area contributed by atoms with E-state index in [1.165, 1.54) is 4.90 Å². The molecule has 0 aliphatic carbocycles. The molecule has 7 nitrogen and oxygen atoms in total. The van der Waals surface area contributed by atoms with E-state index in [2.05, 4.69) is 5.32 Å². The Balaban J connectivity index is 2.77. The fourth-order valence-corrected chi connectivity index (χ4v) is 2.27. The van der Waals surface area contributed by atoms with Crippen LogP contribution in [0.4, 0.5) is 4.79 Å². The highest BCUT2D eigenvalue weighted by Gasteiger charge is 2.24. The van der Waals surface area contributed by atoms with Crippen LogP contribution in [0.3, 0.4) is 0 Å². The van der Waals surface area contributed by atoms with Crippen LogP contribution in [0.2, 0.25) is 0 Å². The number of amides is 3. The maximum atomic E-state index is 12.3. The molecule has 0 spiro atoms. The van der Waals surface area contributed by atoms with Gasteiger partial charge in [-0.1, -0.05) is 0 Å². The maximum absolute atomic E-state index is 12.3. The highest BCUT2D eigenvalue weighted by molar-refractivity contribution is 6.27. The highest BCUT2D eigenvalue weighted by atomic mass is 35.5. The number of nitrogens with one attached hydrogen (secondary N) is 1. The summed E-state index contributed by atoms with van der Waals surface area (Å²) in [5.74, 6) is -0.555. The molecule has 0 saturated carbocycles. The van der Waals surface area contributed by atoms with Crippen molar-refractivity contribution in [3.05, 3.63) is 0 Å². The molecule has 1 fully saturated rings. The van der Waals surface area contributed by atoms with E-state index >= 15 is 0 Å². The quantitative estimate of drug-likeness (QED) is 0.730. The number of carbonyl (C=O) groups is 3. The summed E-state index contributed by atoms with van der Waals surface area (Å²) in [5, 5.41) is 2.70. The Labute approximate surface area is 142 Å². The van der Waals surface area contributed by atoms with E-state index in [1.807, 2.05) is 20.8 Å². The standard InChI is InChI=1S/C15H26ClN3O4/c1-15(2,3)23-14(22)18-7-5-4-6-12(20)17-11-19(9-8-18)13(21)10-16/h4-11H2,1-3H3,(H,17,20). The lowest BCUT2D eigenvalue weighted by atomic mass is 10.2. The van der Waals surface area contributed by atoms with E-state index in [0.717, 1.165) is 0 Å². The minimum absolute atomic E-state index is 0.104. The largest absolute Gasteiger partial charge is 0.444 e. The summed E-state index contributed by atoms with van der Waals surface area (Å²) >= 11 is 5.60. The summed E-state index contributed by atoms with van der Waals surface area (Å²) in [5.41, 5.74) is -0.577. The number of hydrogen-bond donors (Lipinski definition) is 1. The van der Waals surface area contributed by atoms with Gasteiger partial charge in [0, 0.05) is 26.1 Å². The van der Waals surface area contributed by atoms with Gasteiger partial charge in [0.05, 0.1) is 6.67 Å². The average Bonchev–Trinajstić information content (AvgIpc) is 2.49. The second-order valence-corrected chi connectivity index (χ2v) is 6.74. The van der Waals surface area contributed by atoms with Crippen LogP contribution in [0, 0.1) is 0 Å². The Morgan fingerprint density at radius 1 is 1.17 bits per heavy atom. The predicted molar refractivity (Wildman–Crippen MR) is 87.1 cm³/mol. The van der Waals surface area contributed by atoms with Crippen LogP contribution in [0.5, 0.6) is 0 Å². The van der Waals surface area contributed by atoms with Crippen molar-refractivity contribution in [1.82, 2.24) is 15.1 Å². The summed E-state index contributed by atoms with van der Waals surface area (Å²) in [6, 6.07) is 0. The van der Waals surface area contributed by atoms with Crippen molar-refractivity contribution in [3.8, 4) is 0 Å². The normalized spacial score (nSPS) is 18.0. The molecule has 23 heavy (non-hydrogen) atoms. The highest BCUT2D eigenvalue weighted by Crippen LogP contribution is 2.11. The van der Waals surface area contributed by atoms with Gasteiger partial charge in [0.1, 0.15) is 11.5 Å². The molecular formula is C15H26ClN3O4. The molecule has 0 unspecified atom stereocenters. The fraction of sp³-hybridized carbons (Fsp3) is 0.800. The first kappa shape index (κ1) is 19.5. The third kappa shape index (κ3) is 7.54. The molecular weight excluding hydrogens is 322 g/mol. The van der Waals surface area contributed by atoms with Crippen LogP contribution in [0.1, 0.15) is 40.0 Å². The molecule has 132 valence electrons. The number of nitrogens with zero attached hydrogens (tertiary/aromatic N) is 2. The SMILES string of the molecule is CC(C)(C)OC(=O)N1CCCCC(=O)NCN(C(=O)CCl)CC1. The van der Waals surface area contributed by atoms with Gasteiger partial charge in [-0.2, -0.15) is 0 Å². The average molecular weight is 348 g/mol. The second kappa shape index (κ2) is 8.96. The van der Waals surface area contributed by atoms with Crippen molar-refractivity contribution in [2.75, 3.05) is 32.2 Å². The zero-order chi connectivity index (χ0) is 17.5. The lowest BCUT2D eigenvalue weighted by Crippen LogP contribution is -2.46. The van der Waals surface area contributed by atoms with Gasteiger partial charge in [0.15, 0.2) is 0 Å². The van der Waals surface area contributed by atoms with Crippen molar-refractivity contribution in [2.45, 2.75) is 45.6 Å². The number of halogens is 1. The summed E-state index contributed by atoms with van der Waals surface area (Å²) in [7, 11) is 0. The fourth-order valence-electron chi connectivity index (χ4n) is 2.10. The number of alkyl halides is 1. The molecule has 0 aromatic heterocycles. The van der Waals surface area contributed by atoms with Gasteiger partial charge in [0.25, 0.3) is 0 Å². The van der Waals surface area contributed by atoms with Gasteiger partial charge in [-0.15, -0.1) is 11.6 Å². The molecule has 1 N–H and O–H groups in total. The molecule has 1 heterocycles. The molecule has 0 aromatic rings. The van der Waals surface area contributed by atoms with E-state index in [-0.39, 0.29) is 24.4 Å². The van der Waals surface area contributed by atoms with Gasteiger partial charge in [-0.25, -0.2) is 4.79 Å². The Kier molecular flexibility index (Phi) is 7.61. The third-order valence-electron chi connectivity index (χ3n) is 3.31. The monoisotopic (exact) mass is 347 g/mol. The first-order valence-electron chi connectivity index (χ1n) is 7.81. The first-order valence-corrected chi connectivity index (χ1v) is 8.35. The van der Waals surface area contributed by atoms with E-state index in [4.69, 9.17) is 16.3 Å². The van der Waals surface area contributed by atoms with Gasteiger partial charge in [-0.3, -0.25) is 9.59 Å². The minimum atomic E-state index is -0.577. The van der Waals surface area contributed by atoms with Crippen molar-refractivity contribution in [2.24, 2.45) is 0 Å². The third-order valence-corrected chi connectivity index (χ3v) is 3.54. The van der Waals surface area contributed by atoms with Gasteiger partial charge >= 0.3 is 6.09 Å². The molecule has 8 heteroatoms. The number of rotatable bonds is 1. The van der Waals surface area contributed by atoms with Crippen molar-refractivity contribution >= 4 is 29.5 Å². The zero-order valence-electron chi connectivity index (χ0n) is 14.1. The van der Waals surface area contributed by atoms with E-state index in [1.54, 1.807) is 4.90 Å². The number of ether oxygens (including phenoxy) is 1. The second-order valence-electron chi connectivity index (χ2n) is 6.47. The molecule has 0 bridgehead atoms. The van der Waals surface area contributed by atoms with Crippen molar-refractivity contribution in [3.63, 3.8) is 0 Å².